The molecule has 31 heavy (non-hydrogen) atoms. The third-order valence-corrected chi connectivity index (χ3v) is 5.97. The number of nitrogens with zero attached hydrogens (tertiary/aromatic N) is 1. The average Bonchev–Trinajstić information content (AvgIpc) is 3.28. The molecule has 1 aliphatic heterocycles. The molecular formula is C26H26ClFN2O. The molecule has 1 N–H and O–H groups in total. The second-order valence-corrected chi connectivity index (χ2v) is 8.44. The second kappa shape index (κ2) is 10.1. The maximum atomic E-state index is 14.5. The van der Waals surface area contributed by atoms with E-state index in [1.807, 2.05) is 12.1 Å². The number of halogens is 2. The molecule has 1 saturated heterocycles. The fraction of sp³-hybridized carbons (Fsp3) is 0.269. The lowest BCUT2D eigenvalue weighted by Crippen LogP contribution is -2.26. The Hall–Kier alpha value is -2.69. The van der Waals surface area contributed by atoms with Gasteiger partial charge in [-0.05, 0) is 78.9 Å². The number of amides is 1. The lowest BCUT2D eigenvalue weighted by molar-refractivity contribution is 0.0950. The van der Waals surface area contributed by atoms with Crippen LogP contribution in [-0.4, -0.2) is 30.4 Å². The Morgan fingerprint density at radius 1 is 0.903 bits per heavy atom. The molecular weight excluding hydrogens is 411 g/mol. The van der Waals surface area contributed by atoms with Crippen LogP contribution in [0.15, 0.2) is 66.7 Å². The molecule has 3 aromatic rings. The highest BCUT2D eigenvalue weighted by Crippen LogP contribution is 2.23. The van der Waals surface area contributed by atoms with Crippen LogP contribution in [0.4, 0.5) is 4.39 Å². The number of carbonyl (C=O) groups excluding carboxylic acids is 1. The highest BCUT2D eigenvalue weighted by molar-refractivity contribution is 6.30. The highest BCUT2D eigenvalue weighted by Gasteiger charge is 2.13. The molecule has 1 aliphatic rings. The monoisotopic (exact) mass is 436 g/mol. The fourth-order valence-electron chi connectivity index (χ4n) is 3.95. The smallest absolute Gasteiger partial charge is 0.254 e. The zero-order valence-corrected chi connectivity index (χ0v) is 18.2. The van der Waals surface area contributed by atoms with Gasteiger partial charge in [0.25, 0.3) is 5.91 Å². The molecule has 1 heterocycles. The number of benzene rings is 3. The minimum absolute atomic E-state index is 0.0543. The van der Waals surface area contributed by atoms with Crippen LogP contribution in [0.25, 0.3) is 11.1 Å². The van der Waals surface area contributed by atoms with Crippen LogP contribution in [-0.2, 0) is 13.0 Å². The molecule has 0 atom stereocenters. The molecule has 3 aromatic carbocycles. The zero-order valence-electron chi connectivity index (χ0n) is 17.4. The van der Waals surface area contributed by atoms with Crippen molar-refractivity contribution in [1.82, 2.24) is 10.2 Å². The standard InChI is InChI=1S/C26H26ClFN2O/c27-23-10-7-21(8-11-23)22-9-12-24(25(28)17-22)26(31)29-14-13-19-3-5-20(6-4-19)18-30-15-1-2-16-30/h3-12,17H,1-2,13-16,18H2,(H,29,31). The molecule has 1 amide bonds. The van der Waals surface area contributed by atoms with E-state index in [0.29, 0.717) is 23.6 Å². The number of likely N-dealkylation sites (tertiary alicyclic amines) is 1. The van der Waals surface area contributed by atoms with Crippen molar-refractivity contribution in [3.8, 4) is 11.1 Å². The van der Waals surface area contributed by atoms with Crippen molar-refractivity contribution < 1.29 is 9.18 Å². The zero-order chi connectivity index (χ0) is 21.6. The van der Waals surface area contributed by atoms with Crippen molar-refractivity contribution in [3.63, 3.8) is 0 Å². The van der Waals surface area contributed by atoms with Crippen LogP contribution in [0, 0.1) is 5.82 Å². The van der Waals surface area contributed by atoms with Crippen molar-refractivity contribution in [2.75, 3.05) is 19.6 Å². The van der Waals surface area contributed by atoms with Crippen molar-refractivity contribution >= 4 is 17.5 Å². The summed E-state index contributed by atoms with van der Waals surface area (Å²) in [5.74, 6) is -0.929. The summed E-state index contributed by atoms with van der Waals surface area (Å²) in [4.78, 5) is 14.9. The highest BCUT2D eigenvalue weighted by atomic mass is 35.5. The molecule has 4 rings (SSSR count). The lowest BCUT2D eigenvalue weighted by Gasteiger charge is -2.14. The fourth-order valence-corrected chi connectivity index (χ4v) is 4.07. The second-order valence-electron chi connectivity index (χ2n) is 8.01. The van der Waals surface area contributed by atoms with E-state index in [-0.39, 0.29) is 5.56 Å². The van der Waals surface area contributed by atoms with Gasteiger partial charge in [0.2, 0.25) is 0 Å². The SMILES string of the molecule is O=C(NCCc1ccc(CN2CCCC2)cc1)c1ccc(-c2ccc(Cl)cc2)cc1F. The summed E-state index contributed by atoms with van der Waals surface area (Å²) in [5.41, 5.74) is 4.09. The first-order valence-electron chi connectivity index (χ1n) is 10.7. The average molecular weight is 437 g/mol. The molecule has 0 radical (unpaired) electrons. The Morgan fingerprint density at radius 3 is 2.23 bits per heavy atom. The van der Waals surface area contributed by atoms with Gasteiger partial charge in [0.05, 0.1) is 5.56 Å². The summed E-state index contributed by atoms with van der Waals surface area (Å²) in [6, 6.07) is 20.4. The van der Waals surface area contributed by atoms with Crippen molar-refractivity contribution in [2.24, 2.45) is 0 Å². The molecule has 0 bridgehead atoms. The largest absolute Gasteiger partial charge is 0.352 e. The van der Waals surface area contributed by atoms with E-state index in [1.54, 1.807) is 18.2 Å². The number of hydrogen-bond acceptors (Lipinski definition) is 2. The van der Waals surface area contributed by atoms with Gasteiger partial charge in [-0.3, -0.25) is 9.69 Å². The minimum atomic E-state index is -0.531. The Bertz CT molecular complexity index is 1030. The van der Waals surface area contributed by atoms with Gasteiger partial charge >= 0.3 is 0 Å². The minimum Gasteiger partial charge on any atom is -0.352 e. The summed E-state index contributed by atoms with van der Waals surface area (Å²) < 4.78 is 14.5. The van der Waals surface area contributed by atoms with E-state index < -0.39 is 11.7 Å². The van der Waals surface area contributed by atoms with Crippen LogP contribution in [0.2, 0.25) is 5.02 Å². The predicted molar refractivity (Wildman–Crippen MR) is 124 cm³/mol. The van der Waals surface area contributed by atoms with Gasteiger partial charge in [-0.15, -0.1) is 0 Å². The van der Waals surface area contributed by atoms with E-state index >= 15 is 0 Å². The van der Waals surface area contributed by atoms with Crippen molar-refractivity contribution in [3.05, 3.63) is 94.3 Å². The van der Waals surface area contributed by atoms with Gasteiger partial charge in [0.15, 0.2) is 0 Å². The first kappa shape index (κ1) is 21.5. The maximum absolute atomic E-state index is 14.5. The van der Waals surface area contributed by atoms with Crippen LogP contribution in [0.1, 0.15) is 34.3 Å². The molecule has 0 unspecified atom stereocenters. The van der Waals surface area contributed by atoms with Crippen LogP contribution in [0.3, 0.4) is 0 Å². The van der Waals surface area contributed by atoms with E-state index in [2.05, 4.69) is 34.5 Å². The first-order valence-corrected chi connectivity index (χ1v) is 11.1. The van der Waals surface area contributed by atoms with Crippen LogP contribution in [0.5, 0.6) is 0 Å². The molecule has 160 valence electrons. The molecule has 0 spiro atoms. The Balaban J connectivity index is 1.29. The molecule has 1 fully saturated rings. The molecule has 0 saturated carbocycles. The van der Waals surface area contributed by atoms with E-state index in [0.717, 1.165) is 17.7 Å². The van der Waals surface area contributed by atoms with Gasteiger partial charge in [-0.25, -0.2) is 4.39 Å². The van der Waals surface area contributed by atoms with Crippen molar-refractivity contribution in [1.29, 1.82) is 0 Å². The molecule has 5 heteroatoms. The first-order chi connectivity index (χ1) is 15.1. The topological polar surface area (TPSA) is 32.3 Å². The third kappa shape index (κ3) is 5.72. The van der Waals surface area contributed by atoms with Gasteiger partial charge in [0.1, 0.15) is 5.82 Å². The number of hydrogen-bond donors (Lipinski definition) is 1. The summed E-state index contributed by atoms with van der Waals surface area (Å²) >= 11 is 5.90. The quantitative estimate of drug-likeness (QED) is 0.514. The summed E-state index contributed by atoms with van der Waals surface area (Å²) in [6.07, 6.45) is 3.30. The summed E-state index contributed by atoms with van der Waals surface area (Å²) in [6.45, 7) is 3.83. The van der Waals surface area contributed by atoms with Gasteiger partial charge in [-0.1, -0.05) is 54.1 Å². The Kier molecular flexibility index (Phi) is 7.00. The van der Waals surface area contributed by atoms with Gasteiger partial charge < -0.3 is 5.32 Å². The maximum Gasteiger partial charge on any atom is 0.254 e. The van der Waals surface area contributed by atoms with E-state index in [1.165, 1.54) is 43.6 Å². The molecule has 3 nitrogen and oxygen atoms in total. The lowest BCUT2D eigenvalue weighted by atomic mass is 10.0. The third-order valence-electron chi connectivity index (χ3n) is 5.72. The van der Waals surface area contributed by atoms with Crippen LogP contribution < -0.4 is 5.32 Å². The van der Waals surface area contributed by atoms with E-state index in [4.69, 9.17) is 11.6 Å². The summed E-state index contributed by atoms with van der Waals surface area (Å²) in [7, 11) is 0. The van der Waals surface area contributed by atoms with Crippen molar-refractivity contribution in [2.45, 2.75) is 25.8 Å². The Labute approximate surface area is 187 Å². The predicted octanol–water partition coefficient (Wildman–Crippen LogP) is 5.71. The van der Waals surface area contributed by atoms with Gasteiger partial charge in [-0.2, -0.15) is 0 Å². The molecule has 0 aromatic heterocycles. The van der Waals surface area contributed by atoms with Gasteiger partial charge in [0, 0.05) is 18.1 Å². The Morgan fingerprint density at radius 2 is 1.55 bits per heavy atom. The number of carbonyl (C=O) groups is 1. The summed E-state index contributed by atoms with van der Waals surface area (Å²) in [5, 5.41) is 3.45. The number of rotatable bonds is 7. The van der Waals surface area contributed by atoms with Crippen LogP contribution >= 0.6 is 11.6 Å². The van der Waals surface area contributed by atoms with E-state index in [9.17, 15) is 9.18 Å². The number of nitrogens with one attached hydrogen (secondary N) is 1. The molecule has 0 aliphatic carbocycles. The normalized spacial score (nSPS) is 14.0.